The summed E-state index contributed by atoms with van der Waals surface area (Å²) in [6.07, 6.45) is 1.76. The maximum atomic E-state index is 5.91. The zero-order valence-electron chi connectivity index (χ0n) is 9.13. The van der Waals surface area contributed by atoms with E-state index in [1.54, 1.807) is 6.20 Å². The van der Waals surface area contributed by atoms with Crippen molar-refractivity contribution in [3.63, 3.8) is 0 Å². The van der Waals surface area contributed by atoms with Crippen molar-refractivity contribution >= 4 is 27.4 Å². The summed E-state index contributed by atoms with van der Waals surface area (Å²) in [6.45, 7) is 9.62. The van der Waals surface area contributed by atoms with Crippen LogP contribution in [0.15, 0.2) is 28.9 Å². The Morgan fingerprint density at radius 1 is 1.67 bits per heavy atom. The zero-order valence-corrected chi connectivity index (χ0v) is 10.7. The van der Waals surface area contributed by atoms with Crippen LogP contribution < -0.4 is 10.6 Å². The Morgan fingerprint density at radius 2 is 2.33 bits per heavy atom. The first-order valence-corrected chi connectivity index (χ1v) is 5.64. The highest BCUT2D eigenvalue weighted by Gasteiger charge is 2.09. The number of anilines is 2. The lowest BCUT2D eigenvalue weighted by Gasteiger charge is -2.23. The van der Waals surface area contributed by atoms with Gasteiger partial charge in [-0.05, 0) is 35.8 Å². The zero-order chi connectivity index (χ0) is 11.4. The van der Waals surface area contributed by atoms with Gasteiger partial charge in [0, 0.05) is 23.8 Å². The first-order valence-electron chi connectivity index (χ1n) is 4.85. The quantitative estimate of drug-likeness (QED) is 0.855. The number of hydrogen-bond donors (Lipinski definition) is 1. The largest absolute Gasteiger partial charge is 0.396 e. The molecule has 0 bridgehead atoms. The van der Waals surface area contributed by atoms with Gasteiger partial charge >= 0.3 is 0 Å². The average Bonchev–Trinajstić information content (AvgIpc) is 2.14. The first-order chi connectivity index (χ1) is 7.04. The third-order valence-corrected chi connectivity index (χ3v) is 2.44. The van der Waals surface area contributed by atoms with E-state index in [-0.39, 0.29) is 0 Å². The standard InChI is InChI=1S/C11H16BrN3/c1-4-15(7-8(2)3)11-10(13)5-9(12)6-14-11/h5-6H,2,4,7,13H2,1,3H3. The molecule has 4 heteroatoms. The number of halogens is 1. The number of nitrogen functional groups attached to an aromatic ring is 1. The lowest BCUT2D eigenvalue weighted by Crippen LogP contribution is -2.26. The second-order valence-corrected chi connectivity index (χ2v) is 4.45. The van der Waals surface area contributed by atoms with Crippen LogP contribution in [0.1, 0.15) is 13.8 Å². The molecule has 1 aromatic heterocycles. The van der Waals surface area contributed by atoms with E-state index >= 15 is 0 Å². The molecule has 0 atom stereocenters. The van der Waals surface area contributed by atoms with Crippen LogP contribution in [0.25, 0.3) is 0 Å². The maximum absolute atomic E-state index is 5.91. The molecule has 0 aliphatic heterocycles. The summed E-state index contributed by atoms with van der Waals surface area (Å²) >= 11 is 3.34. The summed E-state index contributed by atoms with van der Waals surface area (Å²) in [5.41, 5.74) is 7.70. The minimum Gasteiger partial charge on any atom is -0.396 e. The fourth-order valence-corrected chi connectivity index (χ4v) is 1.72. The van der Waals surface area contributed by atoms with Gasteiger partial charge in [0.1, 0.15) is 0 Å². The van der Waals surface area contributed by atoms with Crippen LogP contribution >= 0.6 is 15.9 Å². The predicted octanol–water partition coefficient (Wildman–Crippen LogP) is 2.83. The molecule has 0 aromatic carbocycles. The second-order valence-electron chi connectivity index (χ2n) is 3.54. The first kappa shape index (κ1) is 12.0. The normalized spacial score (nSPS) is 10.1. The van der Waals surface area contributed by atoms with Gasteiger partial charge in [-0.25, -0.2) is 4.98 Å². The van der Waals surface area contributed by atoms with Crippen LogP contribution in [-0.2, 0) is 0 Å². The van der Waals surface area contributed by atoms with E-state index in [9.17, 15) is 0 Å². The van der Waals surface area contributed by atoms with Crippen molar-refractivity contribution in [2.75, 3.05) is 23.7 Å². The number of likely N-dealkylation sites (N-methyl/N-ethyl adjacent to an activating group) is 1. The Balaban J connectivity index is 2.96. The Morgan fingerprint density at radius 3 is 2.80 bits per heavy atom. The van der Waals surface area contributed by atoms with Gasteiger partial charge in [0.25, 0.3) is 0 Å². The highest BCUT2D eigenvalue weighted by Crippen LogP contribution is 2.23. The van der Waals surface area contributed by atoms with Gasteiger partial charge in [-0.15, -0.1) is 0 Å². The second kappa shape index (κ2) is 5.16. The Bertz CT molecular complexity index is 363. The third kappa shape index (κ3) is 3.23. The smallest absolute Gasteiger partial charge is 0.152 e. The van der Waals surface area contributed by atoms with Gasteiger partial charge in [0.05, 0.1) is 5.69 Å². The van der Waals surface area contributed by atoms with Crippen molar-refractivity contribution in [2.24, 2.45) is 0 Å². The van der Waals surface area contributed by atoms with Crippen molar-refractivity contribution in [3.8, 4) is 0 Å². The van der Waals surface area contributed by atoms with Crippen LogP contribution in [0, 0.1) is 0 Å². The molecule has 1 aromatic rings. The molecule has 0 unspecified atom stereocenters. The lowest BCUT2D eigenvalue weighted by atomic mass is 10.3. The van der Waals surface area contributed by atoms with Crippen molar-refractivity contribution in [2.45, 2.75) is 13.8 Å². The molecule has 1 rings (SSSR count). The average molecular weight is 270 g/mol. The molecule has 0 aliphatic rings. The lowest BCUT2D eigenvalue weighted by molar-refractivity contribution is 0.861. The minimum absolute atomic E-state index is 0.687. The highest BCUT2D eigenvalue weighted by atomic mass is 79.9. The third-order valence-electron chi connectivity index (χ3n) is 2.00. The molecule has 0 fully saturated rings. The number of nitrogens with two attached hydrogens (primary N) is 1. The highest BCUT2D eigenvalue weighted by molar-refractivity contribution is 9.10. The van der Waals surface area contributed by atoms with Gasteiger partial charge in [0.2, 0.25) is 0 Å². The molecule has 0 saturated carbocycles. The molecule has 3 nitrogen and oxygen atoms in total. The van der Waals surface area contributed by atoms with E-state index in [1.165, 1.54) is 0 Å². The van der Waals surface area contributed by atoms with Gasteiger partial charge in [-0.2, -0.15) is 0 Å². The monoisotopic (exact) mass is 269 g/mol. The molecule has 15 heavy (non-hydrogen) atoms. The summed E-state index contributed by atoms with van der Waals surface area (Å²) in [5.74, 6) is 0.823. The molecule has 1 heterocycles. The molecule has 0 amide bonds. The van der Waals surface area contributed by atoms with E-state index in [1.807, 2.05) is 13.0 Å². The number of pyridine rings is 1. The topological polar surface area (TPSA) is 42.2 Å². The number of nitrogens with zero attached hydrogens (tertiary/aromatic N) is 2. The number of aromatic nitrogens is 1. The van der Waals surface area contributed by atoms with E-state index in [4.69, 9.17) is 5.73 Å². The predicted molar refractivity (Wildman–Crippen MR) is 69.1 cm³/mol. The van der Waals surface area contributed by atoms with Crippen molar-refractivity contribution in [1.29, 1.82) is 0 Å². The molecular formula is C11H16BrN3. The minimum atomic E-state index is 0.687. The van der Waals surface area contributed by atoms with E-state index in [2.05, 4.69) is 39.3 Å². The van der Waals surface area contributed by atoms with Gasteiger partial charge in [-0.1, -0.05) is 12.2 Å². The molecule has 0 spiro atoms. The van der Waals surface area contributed by atoms with E-state index < -0.39 is 0 Å². The Hall–Kier alpha value is -1.03. The summed E-state index contributed by atoms with van der Waals surface area (Å²) in [4.78, 5) is 6.42. The van der Waals surface area contributed by atoms with Crippen LogP contribution in [0.2, 0.25) is 0 Å². The van der Waals surface area contributed by atoms with Gasteiger partial charge in [0.15, 0.2) is 5.82 Å². The van der Waals surface area contributed by atoms with Crippen molar-refractivity contribution < 1.29 is 0 Å². The van der Waals surface area contributed by atoms with E-state index in [0.29, 0.717) is 5.69 Å². The van der Waals surface area contributed by atoms with Gasteiger partial charge < -0.3 is 10.6 Å². The molecule has 0 aliphatic carbocycles. The molecule has 82 valence electrons. The number of rotatable bonds is 4. The molecule has 2 N–H and O–H groups in total. The molecule has 0 saturated heterocycles. The number of hydrogen-bond acceptors (Lipinski definition) is 3. The fourth-order valence-electron chi connectivity index (χ4n) is 1.37. The van der Waals surface area contributed by atoms with Crippen LogP contribution in [0.5, 0.6) is 0 Å². The maximum Gasteiger partial charge on any atom is 0.152 e. The summed E-state index contributed by atoms with van der Waals surface area (Å²) in [5, 5.41) is 0. The Labute approximate surface area is 99.1 Å². The van der Waals surface area contributed by atoms with Crippen LogP contribution in [0.4, 0.5) is 11.5 Å². The molecule has 0 radical (unpaired) electrons. The van der Waals surface area contributed by atoms with Crippen LogP contribution in [-0.4, -0.2) is 18.1 Å². The van der Waals surface area contributed by atoms with Crippen molar-refractivity contribution in [3.05, 3.63) is 28.9 Å². The summed E-state index contributed by atoms with van der Waals surface area (Å²) < 4.78 is 0.898. The summed E-state index contributed by atoms with van der Waals surface area (Å²) in [6, 6.07) is 1.86. The Kier molecular flexibility index (Phi) is 4.15. The summed E-state index contributed by atoms with van der Waals surface area (Å²) in [7, 11) is 0. The van der Waals surface area contributed by atoms with Crippen molar-refractivity contribution in [1.82, 2.24) is 4.98 Å². The SMILES string of the molecule is C=C(C)CN(CC)c1ncc(Br)cc1N. The molecular weight excluding hydrogens is 254 g/mol. The van der Waals surface area contributed by atoms with Gasteiger partial charge in [-0.3, -0.25) is 0 Å². The van der Waals surface area contributed by atoms with Crippen LogP contribution in [0.3, 0.4) is 0 Å². The fraction of sp³-hybridized carbons (Fsp3) is 0.364. The van der Waals surface area contributed by atoms with E-state index in [0.717, 1.165) is 29.0 Å².